The van der Waals surface area contributed by atoms with Crippen LogP contribution in [0.15, 0.2) is 30.3 Å². The molecule has 0 atom stereocenters. The quantitative estimate of drug-likeness (QED) is 0.0838. The van der Waals surface area contributed by atoms with Crippen LogP contribution in [-0.4, -0.2) is 51.1 Å². The summed E-state index contributed by atoms with van der Waals surface area (Å²) in [5.41, 5.74) is 4.45. The molecule has 1 aliphatic carbocycles. The molecule has 260 valence electrons. The zero-order valence-corrected chi connectivity index (χ0v) is 28.4. The van der Waals surface area contributed by atoms with Crippen LogP contribution in [0.5, 0.6) is 57.5 Å². The summed E-state index contributed by atoms with van der Waals surface area (Å²) in [4.78, 5) is 0. The Morgan fingerprint density at radius 1 is 0.240 bits per heavy atom. The lowest BCUT2D eigenvalue weighted by molar-refractivity contribution is 0.430. The summed E-state index contributed by atoms with van der Waals surface area (Å²) in [7, 11) is 0. The van der Waals surface area contributed by atoms with E-state index in [1.54, 1.807) is 30.3 Å². The molecule has 10 nitrogen and oxygen atoms in total. The van der Waals surface area contributed by atoms with Gasteiger partial charge in [-0.1, -0.05) is 0 Å². The lowest BCUT2D eigenvalue weighted by Crippen LogP contribution is -2.03. The van der Waals surface area contributed by atoms with E-state index in [4.69, 9.17) is 0 Å². The second-order valence-electron chi connectivity index (χ2n) is 13.5. The Labute approximate surface area is 288 Å². The average Bonchev–Trinajstić information content (AvgIpc) is 3.09. The van der Waals surface area contributed by atoms with Gasteiger partial charge in [0.25, 0.3) is 0 Å². The number of aromatic hydroxyl groups is 10. The molecule has 0 aromatic heterocycles. The second kappa shape index (κ2) is 12.2. The monoisotopic (exact) mass is 680 g/mol. The molecule has 50 heavy (non-hydrogen) atoms. The summed E-state index contributed by atoms with van der Waals surface area (Å²) < 4.78 is 0. The number of rotatable bonds is 0. The van der Waals surface area contributed by atoms with Crippen LogP contribution < -0.4 is 0 Å². The molecule has 0 aliphatic heterocycles. The van der Waals surface area contributed by atoms with Crippen LogP contribution in [0.1, 0.15) is 83.5 Å². The number of hydrogen-bond acceptors (Lipinski definition) is 10. The zero-order chi connectivity index (χ0) is 36.5. The van der Waals surface area contributed by atoms with Gasteiger partial charge in [-0.3, -0.25) is 0 Å². The first-order chi connectivity index (χ1) is 23.5. The van der Waals surface area contributed by atoms with Crippen LogP contribution >= 0.6 is 0 Å². The molecule has 0 saturated carbocycles. The maximum absolute atomic E-state index is 11.1. The van der Waals surface area contributed by atoms with Gasteiger partial charge in [0.05, 0.1) is 0 Å². The standard InChI is InChI=1S/C40H40O10/c1-16-31(41)21-6-22(32(16)42)12-24-8-26(36(46)18(3)34(24)44)14-28-10-30(40(50)20(5)38(28)48)15-29-9-27(37(47)19(4)39(29)49)13-25-7-23(11-21)33(43)17(2)35(25)45/h6-10,41-50H,11-15H2,1-5H3. The van der Waals surface area contributed by atoms with Gasteiger partial charge in [-0.05, 0) is 121 Å². The molecule has 0 radical (unpaired) electrons. The lowest BCUT2D eigenvalue weighted by Gasteiger charge is -2.20. The molecule has 10 N–H and O–H groups in total. The van der Waals surface area contributed by atoms with E-state index in [2.05, 4.69) is 0 Å². The van der Waals surface area contributed by atoms with Crippen molar-refractivity contribution in [1.82, 2.24) is 0 Å². The smallest absolute Gasteiger partial charge is 0.125 e. The summed E-state index contributed by atoms with van der Waals surface area (Å²) in [6.07, 6.45) is -0.0490. The predicted molar refractivity (Wildman–Crippen MR) is 187 cm³/mol. The third-order valence-corrected chi connectivity index (χ3v) is 10.2. The number of benzene rings is 5. The van der Waals surface area contributed by atoms with Crippen molar-refractivity contribution in [3.8, 4) is 57.5 Å². The van der Waals surface area contributed by atoms with E-state index in [9.17, 15) is 51.1 Å². The van der Waals surface area contributed by atoms with Crippen molar-refractivity contribution < 1.29 is 51.1 Å². The van der Waals surface area contributed by atoms with Crippen molar-refractivity contribution >= 4 is 0 Å². The Morgan fingerprint density at radius 2 is 0.340 bits per heavy atom. The van der Waals surface area contributed by atoms with E-state index in [1.165, 1.54) is 34.6 Å². The molecule has 6 rings (SSSR count). The molecule has 0 saturated heterocycles. The van der Waals surface area contributed by atoms with Crippen LogP contribution in [0.25, 0.3) is 0 Å². The van der Waals surface area contributed by atoms with E-state index in [0.29, 0.717) is 55.6 Å². The van der Waals surface area contributed by atoms with Crippen molar-refractivity contribution in [2.24, 2.45) is 0 Å². The molecular weight excluding hydrogens is 640 g/mol. The van der Waals surface area contributed by atoms with E-state index in [-0.39, 0.29) is 117 Å². The van der Waals surface area contributed by atoms with Gasteiger partial charge < -0.3 is 51.1 Å². The van der Waals surface area contributed by atoms with Gasteiger partial charge in [0, 0.05) is 59.9 Å². The summed E-state index contributed by atoms with van der Waals surface area (Å²) >= 11 is 0. The molecule has 5 aromatic carbocycles. The Balaban J connectivity index is 1.65. The number of phenols is 10. The van der Waals surface area contributed by atoms with Crippen LogP contribution in [0.2, 0.25) is 0 Å². The SMILES string of the molecule is Cc1c(O)c2cc(c1O)Cc1cc(c(O)c(C)c1O)Cc1cc(c(O)c(C)c1O)Cc1cc(c(O)c(C)c1O)Cc1cc(c(O)c(C)c1O)C2. The summed E-state index contributed by atoms with van der Waals surface area (Å²) in [5.74, 6) is -1.97. The molecule has 10 bridgehead atoms. The third kappa shape index (κ3) is 5.46. The molecule has 5 aromatic rings. The Hall–Kier alpha value is -5.90. The van der Waals surface area contributed by atoms with E-state index in [0.717, 1.165) is 0 Å². The number of phenolic OH excluding ortho intramolecular Hbond substituents is 10. The first-order valence-corrected chi connectivity index (χ1v) is 16.2. The van der Waals surface area contributed by atoms with Crippen molar-refractivity contribution in [1.29, 1.82) is 0 Å². The largest absolute Gasteiger partial charge is 0.507 e. The normalized spacial score (nSPS) is 12.9. The van der Waals surface area contributed by atoms with Crippen LogP contribution in [0.4, 0.5) is 0 Å². The van der Waals surface area contributed by atoms with Gasteiger partial charge >= 0.3 is 0 Å². The minimum Gasteiger partial charge on any atom is -0.507 e. The molecule has 0 spiro atoms. The van der Waals surface area contributed by atoms with Gasteiger partial charge in [-0.25, -0.2) is 0 Å². The van der Waals surface area contributed by atoms with Crippen LogP contribution in [0.3, 0.4) is 0 Å². The highest BCUT2D eigenvalue weighted by molar-refractivity contribution is 5.64. The predicted octanol–water partition coefficient (Wildman–Crippen LogP) is 6.55. The minimum atomic E-state index is -0.197. The molecule has 0 amide bonds. The molecule has 10 heteroatoms. The Bertz CT molecular complexity index is 1750. The first kappa shape index (κ1) is 34.0. The van der Waals surface area contributed by atoms with Crippen molar-refractivity contribution in [2.45, 2.75) is 66.7 Å². The topological polar surface area (TPSA) is 202 Å². The van der Waals surface area contributed by atoms with Gasteiger partial charge in [-0.15, -0.1) is 0 Å². The van der Waals surface area contributed by atoms with Gasteiger partial charge in [0.1, 0.15) is 57.5 Å². The molecule has 1 aliphatic rings. The fraction of sp³-hybridized carbons (Fsp3) is 0.250. The van der Waals surface area contributed by atoms with E-state index < -0.39 is 0 Å². The van der Waals surface area contributed by atoms with Gasteiger partial charge in [-0.2, -0.15) is 0 Å². The van der Waals surface area contributed by atoms with Gasteiger partial charge in [0.2, 0.25) is 0 Å². The minimum absolute atomic E-state index is 0.00979. The fourth-order valence-electron chi connectivity index (χ4n) is 7.08. The van der Waals surface area contributed by atoms with Crippen LogP contribution in [-0.2, 0) is 32.1 Å². The summed E-state index contributed by atoms with van der Waals surface area (Å²) in [6, 6.07) is 7.85. The Kier molecular flexibility index (Phi) is 8.30. The molecule has 0 fully saturated rings. The van der Waals surface area contributed by atoms with Gasteiger partial charge in [0.15, 0.2) is 0 Å². The summed E-state index contributed by atoms with van der Waals surface area (Å²) in [6.45, 7) is 7.70. The van der Waals surface area contributed by atoms with Crippen molar-refractivity contribution in [3.63, 3.8) is 0 Å². The van der Waals surface area contributed by atoms with Crippen molar-refractivity contribution in [3.05, 3.63) is 114 Å². The average molecular weight is 681 g/mol. The molecule has 0 unspecified atom stereocenters. The number of hydrogen-bond donors (Lipinski definition) is 10. The maximum Gasteiger partial charge on any atom is 0.125 e. The maximum atomic E-state index is 11.1. The first-order valence-electron chi connectivity index (χ1n) is 16.2. The molecular formula is C40H40O10. The third-order valence-electron chi connectivity index (χ3n) is 10.2. The van der Waals surface area contributed by atoms with E-state index in [1.807, 2.05) is 0 Å². The number of fused-ring (bicyclic) bond motifs is 10. The summed E-state index contributed by atoms with van der Waals surface area (Å²) in [5, 5.41) is 111. The zero-order valence-electron chi connectivity index (χ0n) is 28.4. The molecule has 0 heterocycles. The lowest BCUT2D eigenvalue weighted by atomic mass is 9.88. The highest BCUT2D eigenvalue weighted by Crippen LogP contribution is 2.45. The van der Waals surface area contributed by atoms with Crippen LogP contribution in [0, 0.1) is 34.6 Å². The second-order valence-corrected chi connectivity index (χ2v) is 13.5. The fourth-order valence-corrected chi connectivity index (χ4v) is 7.08. The highest BCUT2D eigenvalue weighted by atomic mass is 16.3. The Morgan fingerprint density at radius 3 is 0.440 bits per heavy atom. The van der Waals surface area contributed by atoms with E-state index >= 15 is 0 Å². The van der Waals surface area contributed by atoms with Crippen molar-refractivity contribution in [2.75, 3.05) is 0 Å². The highest BCUT2D eigenvalue weighted by Gasteiger charge is 2.25.